The van der Waals surface area contributed by atoms with Gasteiger partial charge in [0.25, 0.3) is 0 Å². The lowest BCUT2D eigenvalue weighted by molar-refractivity contribution is -0.139. The highest BCUT2D eigenvalue weighted by Gasteiger charge is 2.61. The van der Waals surface area contributed by atoms with E-state index in [1.807, 2.05) is 0 Å². The third kappa shape index (κ3) is 5.39. The number of likely N-dealkylation sites (tertiary alicyclic amines) is 1. The minimum absolute atomic E-state index is 0.0210. The Morgan fingerprint density at radius 1 is 0.956 bits per heavy atom. The molecule has 0 spiro atoms. The van der Waals surface area contributed by atoms with Crippen LogP contribution in [0.25, 0.3) is 0 Å². The van der Waals surface area contributed by atoms with Gasteiger partial charge in [-0.05, 0) is 91.8 Å². The summed E-state index contributed by atoms with van der Waals surface area (Å²) in [5.41, 5.74) is -0.546. The monoisotopic (exact) mass is 669 g/mol. The molecule has 0 aromatic heterocycles. The SMILES string of the molecule is O=C(C1CCS(=O)(=O)CC1)N1CC[C@@]2(S(=O)(=O)c3ccc(F)cc3)c3ccc(Oc4c(F)cccc4C(F)(F)F)cc3CC[C@@H]12. The van der Waals surface area contributed by atoms with Gasteiger partial charge in [-0.15, -0.1) is 0 Å². The molecule has 0 radical (unpaired) electrons. The van der Waals surface area contributed by atoms with E-state index in [-0.39, 0.29) is 66.7 Å². The summed E-state index contributed by atoms with van der Waals surface area (Å²) >= 11 is 0. The molecule has 2 heterocycles. The first-order valence-corrected chi connectivity index (χ1v) is 17.6. The molecule has 3 aliphatic rings. The summed E-state index contributed by atoms with van der Waals surface area (Å²) in [5.74, 6) is -4.19. The number of hydrogen-bond acceptors (Lipinski definition) is 6. The van der Waals surface area contributed by atoms with Gasteiger partial charge in [0.15, 0.2) is 21.4 Å². The predicted octanol–water partition coefficient (Wildman–Crippen LogP) is 5.82. The summed E-state index contributed by atoms with van der Waals surface area (Å²) in [6.07, 6.45) is -4.25. The summed E-state index contributed by atoms with van der Waals surface area (Å²) in [7, 11) is -7.56. The molecule has 2 fully saturated rings. The first kappa shape index (κ1) is 31.5. The molecule has 0 saturated carbocycles. The minimum Gasteiger partial charge on any atom is -0.454 e. The van der Waals surface area contributed by atoms with Crippen LogP contribution in [0.1, 0.15) is 42.4 Å². The Labute approximate surface area is 256 Å². The van der Waals surface area contributed by atoms with Crippen molar-refractivity contribution in [3.05, 3.63) is 89.0 Å². The maximum atomic E-state index is 14.5. The number of carbonyl (C=O) groups excluding carboxylic acids is 1. The van der Waals surface area contributed by atoms with E-state index < -0.39 is 65.5 Å². The van der Waals surface area contributed by atoms with E-state index in [0.29, 0.717) is 17.2 Å². The molecule has 7 nitrogen and oxygen atoms in total. The second kappa shape index (κ2) is 11.1. The van der Waals surface area contributed by atoms with E-state index >= 15 is 0 Å². The van der Waals surface area contributed by atoms with Crippen LogP contribution >= 0.6 is 0 Å². The number of sulfone groups is 2. The molecule has 14 heteroatoms. The first-order chi connectivity index (χ1) is 21.1. The number of alkyl halides is 3. The van der Waals surface area contributed by atoms with Crippen LogP contribution in [0.4, 0.5) is 22.0 Å². The highest BCUT2D eigenvalue weighted by molar-refractivity contribution is 7.92. The van der Waals surface area contributed by atoms with Crippen molar-refractivity contribution >= 4 is 25.6 Å². The molecular formula is C31H28F5NO6S2. The van der Waals surface area contributed by atoms with E-state index in [2.05, 4.69) is 0 Å². The van der Waals surface area contributed by atoms with E-state index in [4.69, 9.17) is 4.74 Å². The number of rotatable bonds is 5. The first-order valence-electron chi connectivity index (χ1n) is 14.3. The summed E-state index contributed by atoms with van der Waals surface area (Å²) in [6.45, 7) is 0.0645. The number of amides is 1. The van der Waals surface area contributed by atoms with Gasteiger partial charge in [0, 0.05) is 12.5 Å². The molecule has 1 amide bonds. The lowest BCUT2D eigenvalue weighted by Gasteiger charge is -2.43. The van der Waals surface area contributed by atoms with Crippen molar-refractivity contribution in [3.63, 3.8) is 0 Å². The number of carbonyl (C=O) groups is 1. The molecule has 2 atom stereocenters. The van der Waals surface area contributed by atoms with Crippen LogP contribution in [0.15, 0.2) is 65.6 Å². The number of halogens is 5. The maximum absolute atomic E-state index is 14.5. The van der Waals surface area contributed by atoms with Gasteiger partial charge >= 0.3 is 6.18 Å². The Morgan fingerprint density at radius 3 is 2.31 bits per heavy atom. The predicted molar refractivity (Wildman–Crippen MR) is 153 cm³/mol. The number of ether oxygens (including phenoxy) is 1. The quantitative estimate of drug-likeness (QED) is 0.251. The van der Waals surface area contributed by atoms with Crippen LogP contribution in [-0.2, 0) is 41.8 Å². The number of aryl methyl sites for hydroxylation is 1. The van der Waals surface area contributed by atoms with Crippen molar-refractivity contribution < 1.29 is 48.3 Å². The summed E-state index contributed by atoms with van der Waals surface area (Å²) < 4.78 is 126. The van der Waals surface area contributed by atoms with E-state index in [0.717, 1.165) is 36.4 Å². The van der Waals surface area contributed by atoms with Gasteiger partial charge < -0.3 is 9.64 Å². The molecule has 0 unspecified atom stereocenters. The zero-order valence-corrected chi connectivity index (χ0v) is 25.3. The molecule has 6 rings (SSSR count). The van der Waals surface area contributed by atoms with Gasteiger partial charge in [0.1, 0.15) is 31.7 Å². The van der Waals surface area contributed by atoms with Crippen molar-refractivity contribution in [1.82, 2.24) is 4.90 Å². The van der Waals surface area contributed by atoms with Gasteiger partial charge in [-0.3, -0.25) is 4.79 Å². The lowest BCUT2D eigenvalue weighted by atomic mass is 9.78. The lowest BCUT2D eigenvalue weighted by Crippen LogP contribution is -2.53. The second-order valence-electron chi connectivity index (χ2n) is 11.6. The van der Waals surface area contributed by atoms with E-state index in [1.54, 1.807) is 0 Å². The second-order valence-corrected chi connectivity index (χ2v) is 16.2. The summed E-state index contributed by atoms with van der Waals surface area (Å²) in [6, 6.07) is 10.0. The van der Waals surface area contributed by atoms with Crippen LogP contribution in [0.2, 0.25) is 0 Å². The van der Waals surface area contributed by atoms with Crippen molar-refractivity contribution in [3.8, 4) is 11.5 Å². The van der Waals surface area contributed by atoms with Gasteiger partial charge in [0.05, 0.1) is 22.4 Å². The number of nitrogens with zero attached hydrogens (tertiary/aromatic N) is 1. The zero-order chi connectivity index (χ0) is 32.4. The number of benzene rings is 3. The normalized spacial score (nSPS) is 23.3. The Bertz CT molecular complexity index is 1860. The van der Waals surface area contributed by atoms with Crippen LogP contribution in [0.3, 0.4) is 0 Å². The van der Waals surface area contributed by atoms with Crippen molar-refractivity contribution in [2.75, 3.05) is 18.1 Å². The molecule has 2 saturated heterocycles. The van der Waals surface area contributed by atoms with E-state index in [1.165, 1.54) is 23.1 Å². The third-order valence-electron chi connectivity index (χ3n) is 9.14. The number of fused-ring (bicyclic) bond motifs is 3. The van der Waals surface area contributed by atoms with Gasteiger partial charge in [-0.2, -0.15) is 13.2 Å². The number of para-hydroxylation sites is 1. The largest absolute Gasteiger partial charge is 0.454 e. The Kier molecular flexibility index (Phi) is 7.74. The Balaban J connectivity index is 1.42. The van der Waals surface area contributed by atoms with Gasteiger partial charge in [0.2, 0.25) is 5.91 Å². The van der Waals surface area contributed by atoms with Crippen LogP contribution in [0, 0.1) is 17.6 Å². The fraction of sp³-hybridized carbons (Fsp3) is 0.387. The minimum atomic E-state index is -4.89. The van der Waals surface area contributed by atoms with Crippen LogP contribution in [-0.4, -0.2) is 51.7 Å². The fourth-order valence-corrected chi connectivity index (χ4v) is 10.8. The molecule has 45 heavy (non-hydrogen) atoms. The average molecular weight is 670 g/mol. The topological polar surface area (TPSA) is 97.8 Å². The zero-order valence-electron chi connectivity index (χ0n) is 23.7. The summed E-state index contributed by atoms with van der Waals surface area (Å²) in [4.78, 5) is 15.1. The third-order valence-corrected chi connectivity index (χ3v) is 13.4. The van der Waals surface area contributed by atoms with E-state index in [9.17, 15) is 43.6 Å². The highest BCUT2D eigenvalue weighted by atomic mass is 32.2. The molecule has 2 aliphatic heterocycles. The molecule has 240 valence electrons. The fourth-order valence-electron chi connectivity index (χ4n) is 6.98. The van der Waals surface area contributed by atoms with Crippen LogP contribution < -0.4 is 4.74 Å². The molecule has 3 aromatic rings. The Morgan fingerprint density at radius 2 is 1.64 bits per heavy atom. The number of hydrogen-bond donors (Lipinski definition) is 0. The summed E-state index contributed by atoms with van der Waals surface area (Å²) in [5, 5.41) is 0. The van der Waals surface area contributed by atoms with Crippen molar-refractivity contribution in [2.24, 2.45) is 5.92 Å². The van der Waals surface area contributed by atoms with Crippen molar-refractivity contribution in [1.29, 1.82) is 0 Å². The van der Waals surface area contributed by atoms with Crippen molar-refractivity contribution in [2.45, 2.75) is 54.0 Å². The molecule has 1 aliphatic carbocycles. The smallest absolute Gasteiger partial charge is 0.420 e. The molecular weight excluding hydrogens is 641 g/mol. The average Bonchev–Trinajstić information content (AvgIpc) is 3.39. The molecule has 0 N–H and O–H groups in total. The maximum Gasteiger partial charge on any atom is 0.420 e. The standard InChI is InChI=1S/C31H28F5NO6S2/c32-21-5-8-23(9-6-21)45(41,42)30-14-15-37(29(38)19-12-16-44(39,40)17-13-19)27(30)11-4-20-18-22(7-10-24(20)30)43-28-25(31(34,35)36)2-1-3-26(28)33/h1-3,5-10,18-19,27H,4,11-17H2/t27-,30-/m1/s1. The molecule has 3 aromatic carbocycles. The van der Waals surface area contributed by atoms with Gasteiger partial charge in [-0.1, -0.05) is 12.1 Å². The highest BCUT2D eigenvalue weighted by Crippen LogP contribution is 2.54. The Hall–Kier alpha value is -3.52. The van der Waals surface area contributed by atoms with Gasteiger partial charge in [-0.25, -0.2) is 25.6 Å². The molecule has 0 bridgehead atoms. The van der Waals surface area contributed by atoms with Crippen LogP contribution in [0.5, 0.6) is 11.5 Å².